The number of carbonyl (C=O) groups is 1. The number of hydrogen-bond acceptors (Lipinski definition) is 6. The summed E-state index contributed by atoms with van der Waals surface area (Å²) in [5, 5.41) is 16.2. The summed E-state index contributed by atoms with van der Waals surface area (Å²) in [6.45, 7) is 3.89. The van der Waals surface area contributed by atoms with E-state index in [0.29, 0.717) is 17.6 Å². The first-order valence-electron chi connectivity index (χ1n) is 6.34. The zero-order valence-electron chi connectivity index (χ0n) is 12.0. The van der Waals surface area contributed by atoms with Gasteiger partial charge in [0.05, 0.1) is 10.3 Å². The van der Waals surface area contributed by atoms with E-state index in [1.807, 2.05) is 0 Å². The number of nitro benzene ring substituents is 1. The van der Waals surface area contributed by atoms with Gasteiger partial charge in [-0.3, -0.25) is 14.9 Å². The summed E-state index contributed by atoms with van der Waals surface area (Å²) in [6, 6.07) is 4.41. The number of fused-ring (bicyclic) bond motifs is 1. The van der Waals surface area contributed by atoms with E-state index in [9.17, 15) is 14.9 Å². The first kappa shape index (κ1) is 14.8. The van der Waals surface area contributed by atoms with Crippen molar-refractivity contribution in [1.29, 1.82) is 0 Å². The number of nitrogens with one attached hydrogen (secondary N) is 2. The highest BCUT2D eigenvalue weighted by Gasteiger charge is 2.27. The Kier molecular flexibility index (Phi) is 3.79. The molecule has 21 heavy (non-hydrogen) atoms. The molecule has 0 bridgehead atoms. The van der Waals surface area contributed by atoms with Crippen LogP contribution >= 0.6 is 0 Å². The minimum atomic E-state index is -0.637. The van der Waals surface area contributed by atoms with Crippen molar-refractivity contribution >= 4 is 28.7 Å². The quantitative estimate of drug-likeness (QED) is 0.643. The molecule has 0 radical (unpaired) electrons. The highest BCUT2D eigenvalue weighted by molar-refractivity contribution is 5.82. The third-order valence-corrected chi connectivity index (χ3v) is 3.11. The second kappa shape index (κ2) is 5.39. The molecule has 1 amide bonds. The van der Waals surface area contributed by atoms with E-state index in [-0.39, 0.29) is 17.6 Å². The van der Waals surface area contributed by atoms with Gasteiger partial charge in [-0.05, 0) is 19.9 Å². The van der Waals surface area contributed by atoms with Gasteiger partial charge in [-0.2, -0.15) is 4.98 Å². The fourth-order valence-electron chi connectivity index (χ4n) is 1.82. The first-order valence-corrected chi connectivity index (χ1v) is 6.34. The molecule has 8 nitrogen and oxygen atoms in total. The number of benzene rings is 1. The van der Waals surface area contributed by atoms with Crippen molar-refractivity contribution in [2.24, 2.45) is 5.41 Å². The summed E-state index contributed by atoms with van der Waals surface area (Å²) in [7, 11) is 1.57. The molecule has 0 spiro atoms. The average Bonchev–Trinajstić information content (AvgIpc) is 2.86. The maximum atomic E-state index is 11.7. The number of rotatable bonds is 5. The summed E-state index contributed by atoms with van der Waals surface area (Å²) in [4.78, 5) is 26.0. The molecule has 0 unspecified atom stereocenters. The maximum absolute atomic E-state index is 11.7. The van der Waals surface area contributed by atoms with Crippen LogP contribution in [0.5, 0.6) is 0 Å². The smallest absolute Gasteiger partial charge is 0.295 e. The van der Waals surface area contributed by atoms with E-state index in [2.05, 4.69) is 15.6 Å². The van der Waals surface area contributed by atoms with Crippen molar-refractivity contribution in [3.05, 3.63) is 28.3 Å². The molecule has 0 saturated heterocycles. The van der Waals surface area contributed by atoms with Gasteiger partial charge in [0.2, 0.25) is 5.91 Å². The molecule has 0 fully saturated rings. The monoisotopic (exact) mass is 292 g/mol. The van der Waals surface area contributed by atoms with Gasteiger partial charge in [-0.15, -0.1) is 0 Å². The second-order valence-corrected chi connectivity index (χ2v) is 5.24. The van der Waals surface area contributed by atoms with E-state index in [1.54, 1.807) is 20.9 Å². The van der Waals surface area contributed by atoms with E-state index >= 15 is 0 Å². The van der Waals surface area contributed by atoms with E-state index in [0.717, 1.165) is 0 Å². The van der Waals surface area contributed by atoms with Gasteiger partial charge < -0.3 is 15.1 Å². The molecule has 0 saturated carbocycles. The molecule has 2 aromatic rings. The Morgan fingerprint density at radius 2 is 2.19 bits per heavy atom. The van der Waals surface area contributed by atoms with E-state index in [1.165, 1.54) is 18.2 Å². The molecule has 0 aliphatic rings. The van der Waals surface area contributed by atoms with Crippen LogP contribution in [0.2, 0.25) is 0 Å². The minimum Gasteiger partial charge on any atom is -0.424 e. The summed E-state index contributed by atoms with van der Waals surface area (Å²) >= 11 is 0. The topological polar surface area (TPSA) is 110 Å². The SMILES string of the molecule is CNC(=O)C(C)(C)CNc1nc2cc([N+](=O)[O-])ccc2o1. The summed E-state index contributed by atoms with van der Waals surface area (Å²) in [5.41, 5.74) is 0.153. The zero-order chi connectivity index (χ0) is 15.6. The first-order chi connectivity index (χ1) is 9.83. The molecule has 0 atom stereocenters. The average molecular weight is 292 g/mol. The van der Waals surface area contributed by atoms with Crippen LogP contribution in [-0.4, -0.2) is 29.4 Å². The fraction of sp³-hybridized carbons (Fsp3) is 0.385. The second-order valence-electron chi connectivity index (χ2n) is 5.24. The molecule has 112 valence electrons. The molecule has 8 heteroatoms. The minimum absolute atomic E-state index is 0.0481. The number of hydrogen-bond donors (Lipinski definition) is 2. The number of nitrogens with zero attached hydrogens (tertiary/aromatic N) is 2. The Hall–Kier alpha value is -2.64. The number of amides is 1. The van der Waals surface area contributed by atoms with Crippen LogP contribution in [0.25, 0.3) is 11.1 Å². The lowest BCUT2D eigenvalue weighted by Gasteiger charge is -2.22. The Bertz CT molecular complexity index is 693. The fourth-order valence-corrected chi connectivity index (χ4v) is 1.82. The van der Waals surface area contributed by atoms with Gasteiger partial charge in [-0.25, -0.2) is 0 Å². The lowest BCUT2D eigenvalue weighted by Crippen LogP contribution is -2.39. The molecule has 0 aliphatic heterocycles. The molecular weight excluding hydrogens is 276 g/mol. The summed E-state index contributed by atoms with van der Waals surface area (Å²) < 4.78 is 5.44. The Balaban J connectivity index is 2.16. The van der Waals surface area contributed by atoms with E-state index < -0.39 is 10.3 Å². The number of oxazole rings is 1. The van der Waals surface area contributed by atoms with Crippen LogP contribution in [-0.2, 0) is 4.79 Å². The third kappa shape index (κ3) is 3.10. The van der Waals surface area contributed by atoms with Gasteiger partial charge in [0.25, 0.3) is 11.7 Å². The number of non-ortho nitro benzene ring substituents is 1. The molecule has 1 aromatic heterocycles. The van der Waals surface area contributed by atoms with E-state index in [4.69, 9.17) is 4.42 Å². The Labute approximate surface area is 120 Å². The highest BCUT2D eigenvalue weighted by Crippen LogP contribution is 2.24. The maximum Gasteiger partial charge on any atom is 0.295 e. The molecular formula is C13H16N4O4. The van der Waals surface area contributed by atoms with Crippen molar-refractivity contribution in [3.8, 4) is 0 Å². The lowest BCUT2D eigenvalue weighted by molar-refractivity contribution is -0.384. The Morgan fingerprint density at radius 1 is 1.48 bits per heavy atom. The molecule has 0 aliphatic carbocycles. The molecule has 2 N–H and O–H groups in total. The normalized spacial score (nSPS) is 11.4. The van der Waals surface area contributed by atoms with Gasteiger partial charge in [0, 0.05) is 25.7 Å². The number of anilines is 1. The van der Waals surface area contributed by atoms with Crippen LogP contribution in [0.3, 0.4) is 0 Å². The standard InChI is InChI=1S/C13H16N4O4/c1-13(2,11(18)14-3)7-15-12-16-9-6-8(17(19)20)4-5-10(9)21-12/h4-6H,7H2,1-3H3,(H,14,18)(H,15,16). The Morgan fingerprint density at radius 3 is 2.81 bits per heavy atom. The molecule has 1 aromatic carbocycles. The zero-order valence-corrected chi connectivity index (χ0v) is 12.0. The predicted molar refractivity (Wildman–Crippen MR) is 77.0 cm³/mol. The largest absolute Gasteiger partial charge is 0.424 e. The van der Waals surface area contributed by atoms with Crippen LogP contribution in [0.4, 0.5) is 11.7 Å². The number of aromatic nitrogens is 1. The number of nitro groups is 1. The van der Waals surface area contributed by atoms with Gasteiger partial charge in [-0.1, -0.05) is 0 Å². The van der Waals surface area contributed by atoms with Crippen molar-refractivity contribution in [2.75, 3.05) is 18.9 Å². The van der Waals surface area contributed by atoms with Gasteiger partial charge in [0.1, 0.15) is 5.52 Å². The van der Waals surface area contributed by atoms with Gasteiger partial charge >= 0.3 is 0 Å². The van der Waals surface area contributed by atoms with Crippen molar-refractivity contribution in [1.82, 2.24) is 10.3 Å². The van der Waals surface area contributed by atoms with Gasteiger partial charge in [0.15, 0.2) is 5.58 Å². The molecule has 2 rings (SSSR count). The predicted octanol–water partition coefficient (Wildman–Crippen LogP) is 1.92. The van der Waals surface area contributed by atoms with Crippen LogP contribution in [0.15, 0.2) is 22.6 Å². The molecule has 1 heterocycles. The number of carbonyl (C=O) groups excluding carboxylic acids is 1. The van der Waals surface area contributed by atoms with Crippen LogP contribution in [0, 0.1) is 15.5 Å². The highest BCUT2D eigenvalue weighted by atomic mass is 16.6. The third-order valence-electron chi connectivity index (χ3n) is 3.11. The van der Waals surface area contributed by atoms with Crippen LogP contribution in [0.1, 0.15) is 13.8 Å². The lowest BCUT2D eigenvalue weighted by atomic mass is 9.92. The van der Waals surface area contributed by atoms with Crippen molar-refractivity contribution < 1.29 is 14.1 Å². The van der Waals surface area contributed by atoms with Crippen molar-refractivity contribution in [2.45, 2.75) is 13.8 Å². The summed E-state index contributed by atoms with van der Waals surface area (Å²) in [5.74, 6) is -0.109. The summed E-state index contributed by atoms with van der Waals surface area (Å²) in [6.07, 6.45) is 0. The van der Waals surface area contributed by atoms with Crippen molar-refractivity contribution in [3.63, 3.8) is 0 Å². The van der Waals surface area contributed by atoms with Crippen LogP contribution < -0.4 is 10.6 Å².